The number of hydrogen-bond donors (Lipinski definition) is 0. The largest absolute Gasteiger partial charge is 0.402 e. The molecule has 1 aliphatic rings. The fourth-order valence-electron chi connectivity index (χ4n) is 1.97. The molecule has 0 aliphatic carbocycles. The number of esters is 1. The maximum Gasteiger partial charge on any atom is 0.363 e. The zero-order valence-electron chi connectivity index (χ0n) is 11.0. The molecule has 2 aromatic carbocycles. The van der Waals surface area contributed by atoms with Gasteiger partial charge in [-0.05, 0) is 35.9 Å². The number of carbonyl (C=O) groups excluding carboxylic acids is 1. The maximum absolute atomic E-state index is 11.8. The average Bonchev–Trinajstić information content (AvgIpc) is 2.89. The molecule has 1 heterocycles. The van der Waals surface area contributed by atoms with Crippen LogP contribution < -0.4 is 0 Å². The van der Waals surface area contributed by atoms with E-state index >= 15 is 0 Å². The molecule has 100 valence electrons. The summed E-state index contributed by atoms with van der Waals surface area (Å²) in [5.74, 6) is -0.195. The summed E-state index contributed by atoms with van der Waals surface area (Å²) >= 11 is 0. The van der Waals surface area contributed by atoms with E-state index in [-0.39, 0.29) is 5.70 Å². The molecule has 0 atom stereocenters. The molecule has 1 aliphatic heterocycles. The number of aliphatic imine (C=N–C) groups is 1. The van der Waals surface area contributed by atoms with Crippen LogP contribution in [0.2, 0.25) is 0 Å². The van der Waals surface area contributed by atoms with E-state index in [4.69, 9.17) is 10.00 Å². The predicted molar refractivity (Wildman–Crippen MR) is 78.2 cm³/mol. The third-order valence-corrected chi connectivity index (χ3v) is 2.96. The van der Waals surface area contributed by atoms with Crippen LogP contribution in [0.15, 0.2) is 65.3 Å². The fraction of sp³-hybridized carbons (Fsp3) is 0. The molecule has 0 amide bonds. The summed E-state index contributed by atoms with van der Waals surface area (Å²) < 4.78 is 5.17. The first-order chi connectivity index (χ1) is 10.3. The SMILES string of the molecule is N#Cc1cccc(C=C2N=C(c3ccccc3)OC2=O)c1. The molecule has 0 unspecified atom stereocenters. The van der Waals surface area contributed by atoms with E-state index in [2.05, 4.69) is 11.1 Å². The number of rotatable bonds is 2. The number of carbonyl (C=O) groups is 1. The van der Waals surface area contributed by atoms with Crippen molar-refractivity contribution in [3.8, 4) is 6.07 Å². The minimum atomic E-state index is -0.490. The van der Waals surface area contributed by atoms with Gasteiger partial charge in [-0.15, -0.1) is 0 Å². The van der Waals surface area contributed by atoms with E-state index in [0.29, 0.717) is 11.5 Å². The number of nitriles is 1. The highest BCUT2D eigenvalue weighted by Crippen LogP contribution is 2.19. The molecular weight excluding hydrogens is 264 g/mol. The third kappa shape index (κ3) is 2.72. The molecule has 0 saturated heterocycles. The van der Waals surface area contributed by atoms with Gasteiger partial charge in [-0.3, -0.25) is 0 Å². The van der Waals surface area contributed by atoms with Gasteiger partial charge in [0.1, 0.15) is 0 Å². The molecule has 2 aromatic rings. The second kappa shape index (κ2) is 5.43. The van der Waals surface area contributed by atoms with Crippen LogP contribution >= 0.6 is 0 Å². The molecule has 0 aromatic heterocycles. The summed E-state index contributed by atoms with van der Waals surface area (Å²) in [6.07, 6.45) is 1.61. The van der Waals surface area contributed by atoms with E-state index in [0.717, 1.165) is 11.1 Å². The second-order valence-electron chi connectivity index (χ2n) is 4.44. The number of hydrogen-bond acceptors (Lipinski definition) is 4. The lowest BCUT2D eigenvalue weighted by Gasteiger charge is -1.97. The zero-order chi connectivity index (χ0) is 14.7. The van der Waals surface area contributed by atoms with Crippen LogP contribution in [0.25, 0.3) is 6.08 Å². The quantitative estimate of drug-likeness (QED) is 0.625. The highest BCUT2D eigenvalue weighted by Gasteiger charge is 2.23. The lowest BCUT2D eigenvalue weighted by molar-refractivity contribution is -0.129. The monoisotopic (exact) mass is 274 g/mol. The fourth-order valence-corrected chi connectivity index (χ4v) is 1.97. The first-order valence-corrected chi connectivity index (χ1v) is 6.34. The standard InChI is InChI=1S/C17H10N2O2/c18-11-13-6-4-5-12(9-13)10-15-17(20)21-16(19-15)14-7-2-1-3-8-14/h1-10H. The van der Waals surface area contributed by atoms with Gasteiger partial charge in [0.05, 0.1) is 11.6 Å². The number of ether oxygens (including phenoxy) is 1. The van der Waals surface area contributed by atoms with E-state index in [1.54, 1.807) is 30.3 Å². The van der Waals surface area contributed by atoms with E-state index in [1.807, 2.05) is 30.3 Å². The van der Waals surface area contributed by atoms with E-state index < -0.39 is 5.97 Å². The van der Waals surface area contributed by atoms with Crippen LogP contribution in [-0.2, 0) is 9.53 Å². The topological polar surface area (TPSA) is 62.4 Å². The van der Waals surface area contributed by atoms with Gasteiger partial charge in [0.2, 0.25) is 5.90 Å². The summed E-state index contributed by atoms with van der Waals surface area (Å²) in [5.41, 5.74) is 2.24. The minimum Gasteiger partial charge on any atom is -0.402 e. The van der Waals surface area contributed by atoms with Crippen LogP contribution in [0.4, 0.5) is 0 Å². The molecule has 4 heteroatoms. The molecule has 4 nitrogen and oxygen atoms in total. The summed E-state index contributed by atoms with van der Waals surface area (Å²) in [6.45, 7) is 0. The second-order valence-corrected chi connectivity index (χ2v) is 4.44. The van der Waals surface area contributed by atoms with Crippen molar-refractivity contribution in [1.82, 2.24) is 0 Å². The van der Waals surface area contributed by atoms with Crippen LogP contribution in [0.1, 0.15) is 16.7 Å². The van der Waals surface area contributed by atoms with E-state index in [9.17, 15) is 4.79 Å². The van der Waals surface area contributed by atoms with Crippen molar-refractivity contribution in [3.05, 3.63) is 77.0 Å². The lowest BCUT2D eigenvalue weighted by Crippen LogP contribution is -2.04. The Morgan fingerprint density at radius 3 is 2.67 bits per heavy atom. The Kier molecular flexibility index (Phi) is 3.32. The van der Waals surface area contributed by atoms with Crippen molar-refractivity contribution in [1.29, 1.82) is 5.26 Å². The average molecular weight is 274 g/mol. The maximum atomic E-state index is 11.8. The third-order valence-electron chi connectivity index (χ3n) is 2.96. The molecular formula is C17H10N2O2. The molecule has 0 N–H and O–H groups in total. The van der Waals surface area contributed by atoms with Crippen molar-refractivity contribution in [2.24, 2.45) is 4.99 Å². The molecule has 0 radical (unpaired) electrons. The Bertz CT molecular complexity index is 799. The molecule has 21 heavy (non-hydrogen) atoms. The Morgan fingerprint density at radius 2 is 1.90 bits per heavy atom. The first kappa shape index (κ1) is 12.8. The summed E-state index contributed by atoms with van der Waals surface area (Å²) in [7, 11) is 0. The van der Waals surface area contributed by atoms with Gasteiger partial charge in [0.15, 0.2) is 5.70 Å². The Morgan fingerprint density at radius 1 is 1.10 bits per heavy atom. The molecule has 0 spiro atoms. The summed E-state index contributed by atoms with van der Waals surface area (Å²) in [4.78, 5) is 16.1. The van der Waals surface area contributed by atoms with Crippen LogP contribution in [0.5, 0.6) is 0 Å². The van der Waals surface area contributed by atoms with Crippen molar-refractivity contribution < 1.29 is 9.53 Å². The van der Waals surface area contributed by atoms with Crippen LogP contribution in [0, 0.1) is 11.3 Å². The van der Waals surface area contributed by atoms with Gasteiger partial charge in [0, 0.05) is 5.56 Å². The molecule has 0 bridgehead atoms. The minimum absolute atomic E-state index is 0.226. The highest BCUT2D eigenvalue weighted by molar-refractivity contribution is 6.12. The van der Waals surface area contributed by atoms with Crippen LogP contribution in [0.3, 0.4) is 0 Å². The van der Waals surface area contributed by atoms with E-state index in [1.165, 1.54) is 0 Å². The lowest BCUT2D eigenvalue weighted by atomic mass is 10.1. The van der Waals surface area contributed by atoms with Crippen molar-refractivity contribution >= 4 is 17.9 Å². The molecule has 0 saturated carbocycles. The summed E-state index contributed by atoms with van der Waals surface area (Å²) in [5, 5.41) is 8.88. The van der Waals surface area contributed by atoms with Crippen molar-refractivity contribution in [2.45, 2.75) is 0 Å². The zero-order valence-corrected chi connectivity index (χ0v) is 11.0. The summed E-state index contributed by atoms with van der Waals surface area (Å²) in [6, 6.07) is 18.2. The molecule has 3 rings (SSSR count). The van der Waals surface area contributed by atoms with Gasteiger partial charge in [0.25, 0.3) is 0 Å². The van der Waals surface area contributed by atoms with Crippen molar-refractivity contribution in [2.75, 3.05) is 0 Å². The van der Waals surface area contributed by atoms with Gasteiger partial charge in [-0.2, -0.15) is 5.26 Å². The highest BCUT2D eigenvalue weighted by atomic mass is 16.6. The smallest absolute Gasteiger partial charge is 0.363 e. The number of nitrogens with zero attached hydrogens (tertiary/aromatic N) is 2. The Hall–Kier alpha value is -3.19. The van der Waals surface area contributed by atoms with Crippen molar-refractivity contribution in [3.63, 3.8) is 0 Å². The predicted octanol–water partition coefficient (Wildman–Crippen LogP) is 2.90. The van der Waals surface area contributed by atoms with Gasteiger partial charge in [-0.1, -0.05) is 30.3 Å². The van der Waals surface area contributed by atoms with Crippen LogP contribution in [-0.4, -0.2) is 11.9 Å². The number of cyclic esters (lactones) is 1. The van der Waals surface area contributed by atoms with Gasteiger partial charge < -0.3 is 4.74 Å². The number of benzene rings is 2. The molecule has 0 fully saturated rings. The Balaban J connectivity index is 1.95. The normalized spacial score (nSPS) is 15.5. The Labute approximate surface area is 121 Å². The van der Waals surface area contributed by atoms with Gasteiger partial charge in [-0.25, -0.2) is 9.79 Å². The van der Waals surface area contributed by atoms with Gasteiger partial charge >= 0.3 is 5.97 Å². The first-order valence-electron chi connectivity index (χ1n) is 6.34.